The maximum atomic E-state index is 13.1. The number of nitrogens with one attached hydrogen (secondary N) is 1. The number of sulfonamides is 1. The average molecular weight is 343 g/mol. The molecule has 0 fully saturated rings. The van der Waals surface area contributed by atoms with E-state index in [4.69, 9.17) is 11.6 Å². The predicted molar refractivity (Wildman–Crippen MR) is 81.8 cm³/mol. The van der Waals surface area contributed by atoms with Gasteiger partial charge in [-0.15, -0.1) is 0 Å². The number of hydrogen-bond acceptors (Lipinski definition) is 4. The normalized spacial score (nSPS) is 11.7. The summed E-state index contributed by atoms with van der Waals surface area (Å²) in [6.45, 7) is 0. The number of rotatable bonds is 3. The lowest BCUT2D eigenvalue weighted by atomic mass is 10.3. The van der Waals surface area contributed by atoms with Gasteiger partial charge in [0, 0.05) is 5.02 Å². The molecule has 0 saturated carbocycles. The summed E-state index contributed by atoms with van der Waals surface area (Å²) in [5.74, 6) is -0.391. The maximum absolute atomic E-state index is 13.1. The standard InChI is InChI=1S/C13H8ClFN2O2S2/c14-8-1-4-10(5-2-8)21(18,19)17-13-16-11-6-3-9(15)7-12(11)20-13/h1-7H,(H,16,17). The third kappa shape index (κ3) is 2.99. The molecule has 1 N–H and O–H groups in total. The van der Waals surface area contributed by atoms with E-state index in [0.717, 1.165) is 11.3 Å². The molecule has 0 amide bonds. The first kappa shape index (κ1) is 14.2. The van der Waals surface area contributed by atoms with Gasteiger partial charge in [-0.2, -0.15) is 0 Å². The zero-order valence-corrected chi connectivity index (χ0v) is 12.8. The molecule has 21 heavy (non-hydrogen) atoms. The van der Waals surface area contributed by atoms with Crippen molar-refractivity contribution in [1.82, 2.24) is 4.98 Å². The first-order valence-corrected chi connectivity index (χ1v) is 8.46. The molecule has 0 aliphatic rings. The summed E-state index contributed by atoms with van der Waals surface area (Å²) in [6.07, 6.45) is 0. The van der Waals surface area contributed by atoms with Gasteiger partial charge in [-0.25, -0.2) is 17.8 Å². The summed E-state index contributed by atoms with van der Waals surface area (Å²) in [5, 5.41) is 0.634. The lowest BCUT2D eigenvalue weighted by Crippen LogP contribution is -2.12. The fourth-order valence-electron chi connectivity index (χ4n) is 1.73. The van der Waals surface area contributed by atoms with E-state index in [2.05, 4.69) is 9.71 Å². The van der Waals surface area contributed by atoms with Gasteiger partial charge in [0.25, 0.3) is 10.0 Å². The van der Waals surface area contributed by atoms with Crippen molar-refractivity contribution in [2.45, 2.75) is 4.90 Å². The van der Waals surface area contributed by atoms with Gasteiger partial charge in [0.05, 0.1) is 15.1 Å². The molecule has 8 heteroatoms. The molecule has 0 radical (unpaired) electrons. The van der Waals surface area contributed by atoms with Crippen molar-refractivity contribution < 1.29 is 12.8 Å². The molecule has 2 aromatic carbocycles. The quantitative estimate of drug-likeness (QED) is 0.785. The highest BCUT2D eigenvalue weighted by Gasteiger charge is 2.16. The second-order valence-corrected chi connectivity index (χ2v) is 7.34. The van der Waals surface area contributed by atoms with Crippen LogP contribution in [0.3, 0.4) is 0 Å². The molecule has 0 aliphatic heterocycles. The van der Waals surface area contributed by atoms with Crippen LogP contribution in [0, 0.1) is 5.82 Å². The number of anilines is 1. The molecule has 0 spiro atoms. The van der Waals surface area contributed by atoms with Gasteiger partial charge in [0.1, 0.15) is 5.82 Å². The fraction of sp³-hybridized carbons (Fsp3) is 0. The van der Waals surface area contributed by atoms with Gasteiger partial charge >= 0.3 is 0 Å². The third-order valence-electron chi connectivity index (χ3n) is 2.70. The lowest BCUT2D eigenvalue weighted by Gasteiger charge is -2.04. The molecular formula is C13H8ClFN2O2S2. The Labute approximate surface area is 129 Å². The SMILES string of the molecule is O=S(=O)(Nc1nc2ccc(F)cc2s1)c1ccc(Cl)cc1. The van der Waals surface area contributed by atoms with E-state index >= 15 is 0 Å². The molecular weight excluding hydrogens is 335 g/mol. The van der Waals surface area contributed by atoms with Crippen molar-refractivity contribution in [2.24, 2.45) is 0 Å². The van der Waals surface area contributed by atoms with Crippen LogP contribution in [0.5, 0.6) is 0 Å². The second kappa shape index (κ2) is 5.25. The largest absolute Gasteiger partial charge is 0.263 e. The molecule has 0 atom stereocenters. The topological polar surface area (TPSA) is 59.1 Å². The highest BCUT2D eigenvalue weighted by Crippen LogP contribution is 2.28. The monoisotopic (exact) mass is 342 g/mol. The third-order valence-corrected chi connectivity index (χ3v) is 5.37. The number of fused-ring (bicyclic) bond motifs is 1. The summed E-state index contributed by atoms with van der Waals surface area (Å²) >= 11 is 6.80. The average Bonchev–Trinajstić information content (AvgIpc) is 2.79. The predicted octanol–water partition coefficient (Wildman–Crippen LogP) is 3.89. The summed E-state index contributed by atoms with van der Waals surface area (Å²) in [5.41, 5.74) is 0.537. The Morgan fingerprint density at radius 3 is 2.57 bits per heavy atom. The second-order valence-electron chi connectivity index (χ2n) is 4.19. The van der Waals surface area contributed by atoms with Crippen LogP contribution < -0.4 is 4.72 Å². The van der Waals surface area contributed by atoms with Crippen LogP contribution in [0.1, 0.15) is 0 Å². The Morgan fingerprint density at radius 1 is 1.14 bits per heavy atom. The summed E-state index contributed by atoms with van der Waals surface area (Å²) in [6, 6.07) is 9.87. The van der Waals surface area contributed by atoms with E-state index in [0.29, 0.717) is 15.2 Å². The van der Waals surface area contributed by atoms with E-state index in [-0.39, 0.29) is 10.0 Å². The Hall–Kier alpha value is -1.70. The van der Waals surface area contributed by atoms with Gasteiger partial charge < -0.3 is 0 Å². The zero-order valence-electron chi connectivity index (χ0n) is 10.4. The van der Waals surface area contributed by atoms with E-state index in [9.17, 15) is 12.8 Å². The molecule has 1 heterocycles. The highest BCUT2D eigenvalue weighted by molar-refractivity contribution is 7.93. The molecule has 0 saturated heterocycles. The summed E-state index contributed by atoms with van der Waals surface area (Å²) < 4.78 is 40.5. The van der Waals surface area contributed by atoms with E-state index < -0.39 is 15.8 Å². The van der Waals surface area contributed by atoms with Crippen LogP contribution in [-0.2, 0) is 10.0 Å². The van der Waals surface area contributed by atoms with Crippen LogP contribution in [0.15, 0.2) is 47.4 Å². The number of hydrogen-bond donors (Lipinski definition) is 1. The molecule has 3 aromatic rings. The van der Waals surface area contributed by atoms with Gasteiger partial charge in [-0.05, 0) is 42.5 Å². The number of halogens is 2. The summed E-state index contributed by atoms with van der Waals surface area (Å²) in [4.78, 5) is 4.20. The first-order chi connectivity index (χ1) is 9.94. The van der Waals surface area contributed by atoms with Crippen LogP contribution in [-0.4, -0.2) is 13.4 Å². The van der Waals surface area contributed by atoms with Crippen molar-refractivity contribution in [3.63, 3.8) is 0 Å². The molecule has 108 valence electrons. The smallest absolute Gasteiger partial charge is 0.255 e. The molecule has 4 nitrogen and oxygen atoms in total. The number of nitrogens with zero attached hydrogens (tertiary/aromatic N) is 1. The Bertz CT molecular complexity index is 908. The van der Waals surface area contributed by atoms with Crippen molar-refractivity contribution in [2.75, 3.05) is 4.72 Å². The van der Waals surface area contributed by atoms with Crippen LogP contribution in [0.4, 0.5) is 9.52 Å². The van der Waals surface area contributed by atoms with Crippen molar-refractivity contribution in [3.8, 4) is 0 Å². The Balaban J connectivity index is 1.95. The first-order valence-electron chi connectivity index (χ1n) is 5.78. The number of aromatic nitrogens is 1. The molecule has 1 aromatic heterocycles. The van der Waals surface area contributed by atoms with Gasteiger partial charge in [0.2, 0.25) is 0 Å². The fourth-order valence-corrected chi connectivity index (χ4v) is 3.98. The van der Waals surface area contributed by atoms with Crippen molar-refractivity contribution >= 4 is 48.3 Å². The number of benzene rings is 2. The number of thiazole rings is 1. The molecule has 3 rings (SSSR count). The highest BCUT2D eigenvalue weighted by atomic mass is 35.5. The van der Waals surface area contributed by atoms with E-state index in [1.165, 1.54) is 42.5 Å². The summed E-state index contributed by atoms with van der Waals surface area (Å²) in [7, 11) is -3.74. The van der Waals surface area contributed by atoms with E-state index in [1.807, 2.05) is 0 Å². The molecule has 0 unspecified atom stereocenters. The Morgan fingerprint density at radius 2 is 1.86 bits per heavy atom. The molecule has 0 bridgehead atoms. The van der Waals surface area contributed by atoms with Crippen LogP contribution in [0.2, 0.25) is 5.02 Å². The van der Waals surface area contributed by atoms with E-state index in [1.54, 1.807) is 0 Å². The van der Waals surface area contributed by atoms with Crippen LogP contribution >= 0.6 is 22.9 Å². The minimum absolute atomic E-state index is 0.0809. The molecule has 0 aliphatic carbocycles. The van der Waals surface area contributed by atoms with Gasteiger partial charge in [-0.1, -0.05) is 22.9 Å². The zero-order chi connectivity index (χ0) is 15.0. The maximum Gasteiger partial charge on any atom is 0.263 e. The van der Waals surface area contributed by atoms with Gasteiger partial charge in [0.15, 0.2) is 5.13 Å². The minimum Gasteiger partial charge on any atom is -0.255 e. The Kier molecular flexibility index (Phi) is 3.56. The minimum atomic E-state index is -3.74. The van der Waals surface area contributed by atoms with Crippen LogP contribution in [0.25, 0.3) is 10.2 Å². The van der Waals surface area contributed by atoms with Gasteiger partial charge in [-0.3, -0.25) is 4.72 Å². The lowest BCUT2D eigenvalue weighted by molar-refractivity contribution is 0.601. The van der Waals surface area contributed by atoms with Crippen molar-refractivity contribution in [3.05, 3.63) is 53.3 Å². The van der Waals surface area contributed by atoms with Crippen molar-refractivity contribution in [1.29, 1.82) is 0 Å².